The van der Waals surface area contributed by atoms with Gasteiger partial charge in [0.25, 0.3) is 5.95 Å². The van der Waals surface area contributed by atoms with Crippen LogP contribution in [0.3, 0.4) is 0 Å². The number of rotatable bonds is 7. The van der Waals surface area contributed by atoms with E-state index in [1.165, 1.54) is 6.92 Å². The molecule has 0 bridgehead atoms. The van der Waals surface area contributed by atoms with Gasteiger partial charge in [-0.2, -0.15) is 46.4 Å². The van der Waals surface area contributed by atoms with Crippen molar-refractivity contribution in [1.29, 1.82) is 0 Å². The van der Waals surface area contributed by atoms with Crippen LogP contribution in [0.25, 0.3) is 5.95 Å². The normalized spacial score (nSPS) is 13.5. The Morgan fingerprint density at radius 3 is 2.22 bits per heavy atom. The van der Waals surface area contributed by atoms with Gasteiger partial charge < -0.3 is 10.6 Å². The minimum Gasteiger partial charge on any atom is -0.354 e. The van der Waals surface area contributed by atoms with Gasteiger partial charge in [-0.05, 0) is 18.9 Å². The third-order valence-electron chi connectivity index (χ3n) is 3.35. The molecule has 0 aliphatic heterocycles. The highest BCUT2D eigenvalue weighted by Crippen LogP contribution is 2.28. The molecule has 150 valence electrons. The number of halogens is 6. The van der Waals surface area contributed by atoms with Crippen LogP contribution in [0.1, 0.15) is 32.4 Å². The quantitative estimate of drug-likeness (QED) is 0.695. The van der Waals surface area contributed by atoms with Crippen LogP contribution in [0, 0.1) is 0 Å². The number of nitrogens with one attached hydrogen (secondary N) is 2. The standard InChI is InChI=1S/C14H17F6N7/c1-3-6-21-10-23-11(22-8(4-2)13(15,16)17)25-12(24-10)27-7-5-9(26-27)14(18,19)20/h5,7-8H,3-4,6H2,1-2H3,(H2,21,22,23,24,25). The molecule has 0 saturated heterocycles. The Bertz CT molecular complexity index is 755. The van der Waals surface area contributed by atoms with Crippen molar-refractivity contribution in [2.45, 2.75) is 45.1 Å². The first-order chi connectivity index (χ1) is 12.5. The molecular formula is C14H17F6N7. The summed E-state index contributed by atoms with van der Waals surface area (Å²) in [6, 6.07) is -1.21. The predicted octanol–water partition coefficient (Wildman–Crippen LogP) is 3.65. The largest absolute Gasteiger partial charge is 0.435 e. The Labute approximate surface area is 150 Å². The highest BCUT2D eigenvalue weighted by Gasteiger charge is 2.39. The van der Waals surface area contributed by atoms with Crippen molar-refractivity contribution in [3.05, 3.63) is 18.0 Å². The Morgan fingerprint density at radius 1 is 1.04 bits per heavy atom. The molecule has 13 heteroatoms. The molecule has 1 unspecified atom stereocenters. The number of nitrogens with zero attached hydrogens (tertiary/aromatic N) is 5. The third-order valence-corrected chi connectivity index (χ3v) is 3.35. The zero-order valence-electron chi connectivity index (χ0n) is 14.4. The summed E-state index contributed by atoms with van der Waals surface area (Å²) in [6.07, 6.45) is -7.88. The second-order valence-electron chi connectivity index (χ2n) is 5.50. The maximum atomic E-state index is 13.0. The third kappa shape index (κ3) is 5.44. The average molecular weight is 397 g/mol. The van der Waals surface area contributed by atoms with Gasteiger partial charge in [0, 0.05) is 12.7 Å². The minimum atomic E-state index is -4.67. The van der Waals surface area contributed by atoms with E-state index in [1.54, 1.807) is 0 Å². The van der Waals surface area contributed by atoms with Crippen LogP contribution in [0.2, 0.25) is 0 Å². The number of alkyl halides is 6. The number of hydrogen-bond donors (Lipinski definition) is 2. The summed E-state index contributed by atoms with van der Waals surface area (Å²) < 4.78 is 77.8. The van der Waals surface area contributed by atoms with Gasteiger partial charge in [0.1, 0.15) is 6.04 Å². The van der Waals surface area contributed by atoms with Crippen molar-refractivity contribution >= 4 is 11.9 Å². The summed E-state index contributed by atoms with van der Waals surface area (Å²) in [7, 11) is 0. The highest BCUT2D eigenvalue weighted by molar-refractivity contribution is 5.38. The molecule has 0 aromatic carbocycles. The van der Waals surface area contributed by atoms with Crippen molar-refractivity contribution < 1.29 is 26.3 Å². The first-order valence-electron chi connectivity index (χ1n) is 8.01. The summed E-state index contributed by atoms with van der Waals surface area (Å²) in [5.41, 5.74) is -1.18. The summed E-state index contributed by atoms with van der Waals surface area (Å²) in [5, 5.41) is 8.23. The topological polar surface area (TPSA) is 80.5 Å². The van der Waals surface area contributed by atoms with E-state index >= 15 is 0 Å². The Morgan fingerprint density at radius 2 is 1.70 bits per heavy atom. The van der Waals surface area contributed by atoms with Crippen LogP contribution >= 0.6 is 0 Å². The van der Waals surface area contributed by atoms with E-state index in [1.807, 2.05) is 6.92 Å². The Kier molecular flexibility index (Phi) is 6.11. The van der Waals surface area contributed by atoms with Crippen molar-refractivity contribution in [3.8, 4) is 5.95 Å². The molecular weight excluding hydrogens is 380 g/mol. The predicted molar refractivity (Wildman–Crippen MR) is 84.5 cm³/mol. The van der Waals surface area contributed by atoms with E-state index in [2.05, 4.69) is 30.7 Å². The van der Waals surface area contributed by atoms with Crippen LogP contribution in [0.4, 0.5) is 38.2 Å². The molecule has 2 aromatic rings. The van der Waals surface area contributed by atoms with E-state index in [-0.39, 0.29) is 18.3 Å². The lowest BCUT2D eigenvalue weighted by Gasteiger charge is -2.20. The number of hydrogen-bond acceptors (Lipinski definition) is 6. The fourth-order valence-corrected chi connectivity index (χ4v) is 2.01. The molecule has 2 N–H and O–H groups in total. The van der Waals surface area contributed by atoms with Crippen LogP contribution in [0.5, 0.6) is 0 Å². The summed E-state index contributed by atoms with van der Waals surface area (Å²) in [5.74, 6) is -0.851. The fourth-order valence-electron chi connectivity index (χ4n) is 2.01. The monoisotopic (exact) mass is 397 g/mol. The number of anilines is 2. The number of aromatic nitrogens is 5. The molecule has 0 aliphatic carbocycles. The summed E-state index contributed by atoms with van der Waals surface area (Å²) in [4.78, 5) is 11.5. The van der Waals surface area contributed by atoms with Gasteiger partial charge in [-0.1, -0.05) is 13.8 Å². The van der Waals surface area contributed by atoms with E-state index < -0.39 is 30.0 Å². The van der Waals surface area contributed by atoms with E-state index in [9.17, 15) is 26.3 Å². The first-order valence-corrected chi connectivity index (χ1v) is 8.01. The van der Waals surface area contributed by atoms with Gasteiger partial charge in [0.05, 0.1) is 0 Å². The summed E-state index contributed by atoms with van der Waals surface area (Å²) >= 11 is 0. The zero-order chi connectivity index (χ0) is 20.2. The molecule has 7 nitrogen and oxygen atoms in total. The van der Waals surface area contributed by atoms with Crippen molar-refractivity contribution in [1.82, 2.24) is 24.7 Å². The second kappa shape index (κ2) is 7.96. The molecule has 0 spiro atoms. The van der Waals surface area contributed by atoms with Crippen LogP contribution < -0.4 is 10.6 Å². The van der Waals surface area contributed by atoms with Gasteiger partial charge in [-0.15, -0.1) is 0 Å². The smallest absolute Gasteiger partial charge is 0.354 e. The second-order valence-corrected chi connectivity index (χ2v) is 5.50. The van der Waals surface area contributed by atoms with Crippen molar-refractivity contribution in [3.63, 3.8) is 0 Å². The Hall–Kier alpha value is -2.60. The van der Waals surface area contributed by atoms with Gasteiger partial charge in [0.2, 0.25) is 11.9 Å². The van der Waals surface area contributed by atoms with Gasteiger partial charge in [-0.25, -0.2) is 4.68 Å². The van der Waals surface area contributed by atoms with E-state index in [4.69, 9.17) is 0 Å². The minimum absolute atomic E-state index is 0.0783. The Balaban J connectivity index is 2.40. The molecule has 0 fully saturated rings. The molecule has 1 atom stereocenters. The molecule has 2 rings (SSSR count). The molecule has 2 heterocycles. The summed E-state index contributed by atoms with van der Waals surface area (Å²) in [6.45, 7) is 3.58. The van der Waals surface area contributed by atoms with Gasteiger partial charge in [0.15, 0.2) is 5.69 Å². The van der Waals surface area contributed by atoms with Crippen LogP contribution in [-0.4, -0.2) is 43.5 Å². The van der Waals surface area contributed by atoms with Crippen LogP contribution in [-0.2, 0) is 6.18 Å². The van der Waals surface area contributed by atoms with Crippen molar-refractivity contribution in [2.75, 3.05) is 17.2 Å². The molecule has 2 aromatic heterocycles. The highest BCUT2D eigenvalue weighted by atomic mass is 19.4. The molecule has 0 amide bonds. The maximum Gasteiger partial charge on any atom is 0.435 e. The first kappa shape index (κ1) is 20.7. The lowest BCUT2D eigenvalue weighted by molar-refractivity contribution is -0.143. The van der Waals surface area contributed by atoms with E-state index in [0.717, 1.165) is 10.9 Å². The maximum absolute atomic E-state index is 13.0. The lowest BCUT2D eigenvalue weighted by Crippen LogP contribution is -2.36. The molecule has 27 heavy (non-hydrogen) atoms. The van der Waals surface area contributed by atoms with Gasteiger partial charge >= 0.3 is 12.4 Å². The molecule has 0 aliphatic rings. The molecule has 0 radical (unpaired) electrons. The van der Waals surface area contributed by atoms with Crippen molar-refractivity contribution in [2.24, 2.45) is 0 Å². The average Bonchev–Trinajstić information content (AvgIpc) is 3.07. The molecule has 0 saturated carbocycles. The lowest BCUT2D eigenvalue weighted by atomic mass is 10.2. The SMILES string of the molecule is CCCNc1nc(NC(CC)C(F)(F)F)nc(-n2ccc(C(F)(F)F)n2)n1. The van der Waals surface area contributed by atoms with E-state index in [0.29, 0.717) is 19.0 Å². The van der Waals surface area contributed by atoms with Gasteiger partial charge in [-0.3, -0.25) is 0 Å². The van der Waals surface area contributed by atoms with Crippen LogP contribution in [0.15, 0.2) is 12.3 Å². The zero-order valence-corrected chi connectivity index (χ0v) is 14.4. The fraction of sp³-hybridized carbons (Fsp3) is 0.571.